The first-order chi connectivity index (χ1) is 9.56. The van der Waals surface area contributed by atoms with E-state index >= 15 is 0 Å². The van der Waals surface area contributed by atoms with Crippen LogP contribution < -0.4 is 5.32 Å². The largest absolute Gasteiger partial charge is 0.308 e. The Kier molecular flexibility index (Phi) is 5.11. The summed E-state index contributed by atoms with van der Waals surface area (Å²) in [6.45, 7) is 1.03. The molecule has 0 saturated carbocycles. The van der Waals surface area contributed by atoms with Crippen molar-refractivity contribution in [3.63, 3.8) is 0 Å². The number of hydrogen-bond donors (Lipinski definition) is 1. The summed E-state index contributed by atoms with van der Waals surface area (Å²) in [4.78, 5) is 10.5. The maximum absolute atomic E-state index is 10.9. The van der Waals surface area contributed by atoms with E-state index in [4.69, 9.17) is 11.6 Å². The number of hydrogen-bond acceptors (Lipinski definition) is 3. The van der Waals surface area contributed by atoms with E-state index in [1.54, 1.807) is 6.07 Å². The van der Waals surface area contributed by atoms with Crippen LogP contribution in [0.25, 0.3) is 0 Å². The number of nitrogens with one attached hydrogen (secondary N) is 1. The second kappa shape index (κ2) is 6.83. The van der Waals surface area contributed by atoms with Crippen molar-refractivity contribution in [1.29, 1.82) is 0 Å². The summed E-state index contributed by atoms with van der Waals surface area (Å²) in [7, 11) is 0. The summed E-state index contributed by atoms with van der Waals surface area (Å²) in [5.74, 6) is 0. The third-order valence-corrected chi connectivity index (χ3v) is 3.56. The highest BCUT2D eigenvalue weighted by Gasteiger charge is 2.13. The van der Waals surface area contributed by atoms with Gasteiger partial charge >= 0.3 is 0 Å². The molecule has 0 aromatic heterocycles. The molecule has 2 aromatic carbocycles. The Morgan fingerprint density at radius 2 is 1.85 bits per heavy atom. The smallest absolute Gasteiger partial charge is 0.273 e. The predicted molar refractivity (Wildman–Crippen MR) is 82.8 cm³/mol. The molecule has 1 N–H and O–H groups in total. The van der Waals surface area contributed by atoms with Crippen molar-refractivity contribution in [2.24, 2.45) is 0 Å². The molecule has 0 saturated heterocycles. The lowest BCUT2D eigenvalue weighted by Gasteiger charge is -2.06. The fourth-order valence-electron chi connectivity index (χ4n) is 1.82. The van der Waals surface area contributed by atoms with Gasteiger partial charge in [0.05, 0.1) is 4.92 Å². The van der Waals surface area contributed by atoms with Crippen LogP contribution in [0.4, 0.5) is 5.69 Å². The van der Waals surface area contributed by atoms with Gasteiger partial charge in [0.1, 0.15) is 0 Å². The number of halogens is 2. The number of benzene rings is 2. The van der Waals surface area contributed by atoms with Crippen molar-refractivity contribution >= 4 is 33.2 Å². The van der Waals surface area contributed by atoms with Gasteiger partial charge in [0, 0.05) is 34.2 Å². The molecule has 2 aromatic rings. The molecule has 0 atom stereocenters. The summed E-state index contributed by atoms with van der Waals surface area (Å²) in [5.41, 5.74) is 1.77. The van der Waals surface area contributed by atoms with Crippen LogP contribution in [-0.4, -0.2) is 4.92 Å². The number of nitrogens with zero attached hydrogens (tertiary/aromatic N) is 1. The zero-order valence-electron chi connectivity index (χ0n) is 10.5. The van der Waals surface area contributed by atoms with E-state index in [9.17, 15) is 10.1 Å². The van der Waals surface area contributed by atoms with E-state index < -0.39 is 4.92 Å². The Bertz CT molecular complexity index is 617. The molecule has 2 rings (SSSR count). The molecule has 20 heavy (non-hydrogen) atoms. The van der Waals surface area contributed by atoms with Crippen LogP contribution in [0.15, 0.2) is 46.9 Å². The molecular weight excluding hydrogens is 344 g/mol. The molecule has 4 nitrogen and oxygen atoms in total. The van der Waals surface area contributed by atoms with Crippen LogP contribution in [0.2, 0.25) is 5.02 Å². The van der Waals surface area contributed by atoms with Gasteiger partial charge in [0.25, 0.3) is 5.69 Å². The van der Waals surface area contributed by atoms with Gasteiger partial charge in [-0.1, -0.05) is 39.7 Å². The molecule has 0 radical (unpaired) electrons. The van der Waals surface area contributed by atoms with Crippen LogP contribution in [0.1, 0.15) is 11.1 Å². The SMILES string of the molecule is O=[N+]([O-])c1ccc(Cl)cc1CNCc1ccc(Br)cc1. The Hall–Kier alpha value is -1.43. The van der Waals surface area contributed by atoms with Gasteiger partial charge in [-0.3, -0.25) is 10.1 Å². The van der Waals surface area contributed by atoms with Crippen LogP contribution in [0, 0.1) is 10.1 Å². The fraction of sp³-hybridized carbons (Fsp3) is 0.143. The van der Waals surface area contributed by atoms with Crippen molar-refractivity contribution in [3.8, 4) is 0 Å². The van der Waals surface area contributed by atoms with Crippen molar-refractivity contribution in [2.45, 2.75) is 13.1 Å². The fourth-order valence-corrected chi connectivity index (χ4v) is 2.28. The molecule has 0 spiro atoms. The summed E-state index contributed by atoms with van der Waals surface area (Å²) in [5, 5.41) is 14.6. The van der Waals surface area contributed by atoms with E-state index in [2.05, 4.69) is 21.2 Å². The van der Waals surface area contributed by atoms with E-state index in [1.165, 1.54) is 12.1 Å². The lowest BCUT2D eigenvalue weighted by atomic mass is 10.1. The summed E-state index contributed by atoms with van der Waals surface area (Å²) in [6.07, 6.45) is 0. The molecule has 0 aliphatic heterocycles. The van der Waals surface area contributed by atoms with Gasteiger partial charge < -0.3 is 5.32 Å². The minimum absolute atomic E-state index is 0.0812. The normalized spacial score (nSPS) is 10.5. The van der Waals surface area contributed by atoms with E-state index in [1.807, 2.05) is 24.3 Å². The molecule has 0 amide bonds. The minimum Gasteiger partial charge on any atom is -0.308 e. The maximum Gasteiger partial charge on any atom is 0.273 e. The van der Waals surface area contributed by atoms with Gasteiger partial charge in [-0.2, -0.15) is 0 Å². The maximum atomic E-state index is 10.9. The standard InChI is InChI=1S/C14H12BrClN2O2/c15-12-3-1-10(2-4-12)8-17-9-11-7-13(16)5-6-14(11)18(19)20/h1-7,17H,8-9H2. The van der Waals surface area contributed by atoms with Crippen molar-refractivity contribution in [1.82, 2.24) is 5.32 Å². The quantitative estimate of drug-likeness (QED) is 0.642. The highest BCUT2D eigenvalue weighted by molar-refractivity contribution is 9.10. The van der Waals surface area contributed by atoms with Crippen molar-refractivity contribution < 1.29 is 4.92 Å². The first-order valence-corrected chi connectivity index (χ1v) is 7.11. The molecule has 0 unspecified atom stereocenters. The Labute approximate surface area is 130 Å². The first-order valence-electron chi connectivity index (χ1n) is 5.94. The third-order valence-electron chi connectivity index (χ3n) is 2.80. The van der Waals surface area contributed by atoms with Gasteiger partial charge in [-0.15, -0.1) is 0 Å². The topological polar surface area (TPSA) is 55.2 Å². The van der Waals surface area contributed by atoms with E-state index in [0.717, 1.165) is 10.0 Å². The summed E-state index contributed by atoms with van der Waals surface area (Å²) < 4.78 is 1.02. The molecule has 104 valence electrons. The third kappa shape index (κ3) is 4.03. The predicted octanol–water partition coefficient (Wildman–Crippen LogP) is 4.30. The number of nitro benzene ring substituents is 1. The van der Waals surface area contributed by atoms with E-state index in [-0.39, 0.29) is 5.69 Å². The number of nitro groups is 1. The Morgan fingerprint density at radius 1 is 1.15 bits per heavy atom. The summed E-state index contributed by atoms with van der Waals surface area (Å²) in [6, 6.07) is 12.5. The first kappa shape index (κ1) is 15.0. The molecular formula is C14H12BrClN2O2. The van der Waals surface area contributed by atoms with Gasteiger partial charge in [-0.25, -0.2) is 0 Å². The second-order valence-electron chi connectivity index (χ2n) is 4.26. The number of rotatable bonds is 5. The molecule has 0 heterocycles. The molecule has 0 bridgehead atoms. The van der Waals surface area contributed by atoms with Gasteiger partial charge in [0.2, 0.25) is 0 Å². The molecule has 0 aliphatic rings. The minimum atomic E-state index is -0.396. The molecule has 0 fully saturated rings. The average Bonchev–Trinajstić information content (AvgIpc) is 2.41. The van der Waals surface area contributed by atoms with Gasteiger partial charge in [0.15, 0.2) is 0 Å². The van der Waals surface area contributed by atoms with Crippen LogP contribution >= 0.6 is 27.5 Å². The van der Waals surface area contributed by atoms with Crippen LogP contribution in [-0.2, 0) is 13.1 Å². The Balaban J connectivity index is 2.02. The molecule has 0 aliphatic carbocycles. The monoisotopic (exact) mass is 354 g/mol. The lowest BCUT2D eigenvalue weighted by molar-refractivity contribution is -0.385. The van der Waals surface area contributed by atoms with Crippen molar-refractivity contribution in [3.05, 3.63) is 73.2 Å². The average molecular weight is 356 g/mol. The lowest BCUT2D eigenvalue weighted by Crippen LogP contribution is -2.13. The zero-order chi connectivity index (χ0) is 14.5. The summed E-state index contributed by atoms with van der Waals surface area (Å²) >= 11 is 9.25. The Morgan fingerprint density at radius 3 is 2.50 bits per heavy atom. The molecule has 6 heteroatoms. The zero-order valence-corrected chi connectivity index (χ0v) is 12.8. The second-order valence-corrected chi connectivity index (χ2v) is 5.61. The van der Waals surface area contributed by atoms with Crippen LogP contribution in [0.3, 0.4) is 0 Å². The van der Waals surface area contributed by atoms with Gasteiger partial charge in [-0.05, 0) is 29.8 Å². The van der Waals surface area contributed by atoms with Crippen molar-refractivity contribution in [2.75, 3.05) is 0 Å². The van der Waals surface area contributed by atoms with Crippen LogP contribution in [0.5, 0.6) is 0 Å². The highest BCUT2D eigenvalue weighted by atomic mass is 79.9. The highest BCUT2D eigenvalue weighted by Crippen LogP contribution is 2.22. The van der Waals surface area contributed by atoms with E-state index in [0.29, 0.717) is 23.7 Å².